The molecular formula is C45H29N3. The number of hydrogen-bond acceptors (Lipinski definition) is 3. The Morgan fingerprint density at radius 2 is 0.688 bits per heavy atom. The van der Waals surface area contributed by atoms with E-state index in [2.05, 4.69) is 0 Å². The summed E-state index contributed by atoms with van der Waals surface area (Å²) in [5, 5.41) is -0.985. The van der Waals surface area contributed by atoms with Crippen molar-refractivity contribution >= 4 is 32.3 Å². The minimum atomic E-state index is -0.611. The Balaban J connectivity index is 1.26. The first-order chi connectivity index (χ1) is 28.4. The molecule has 0 spiro atoms. The molecule has 0 saturated heterocycles. The van der Waals surface area contributed by atoms with E-state index in [0.717, 1.165) is 16.7 Å². The first-order valence-corrected chi connectivity index (χ1v) is 15.3. The Morgan fingerprint density at radius 1 is 0.312 bits per heavy atom. The van der Waals surface area contributed by atoms with E-state index in [9.17, 15) is 4.11 Å². The molecule has 0 fully saturated rings. The molecule has 9 rings (SSSR count). The lowest BCUT2D eigenvalue weighted by Crippen LogP contribution is -2.00. The van der Waals surface area contributed by atoms with Crippen LogP contribution in [0.1, 0.15) is 15.1 Å². The van der Waals surface area contributed by atoms with Gasteiger partial charge < -0.3 is 0 Å². The lowest BCUT2D eigenvalue weighted by molar-refractivity contribution is 1.07. The molecule has 0 aliphatic heterocycles. The van der Waals surface area contributed by atoms with Crippen LogP contribution in [0.15, 0.2) is 176 Å². The van der Waals surface area contributed by atoms with Gasteiger partial charge in [-0.3, -0.25) is 0 Å². The summed E-state index contributed by atoms with van der Waals surface area (Å²) in [4.78, 5) is 14.5. The predicted octanol–water partition coefficient (Wildman–Crippen LogP) is 11.7. The van der Waals surface area contributed by atoms with Gasteiger partial charge in [0.2, 0.25) is 0 Å². The summed E-state index contributed by atoms with van der Waals surface area (Å²) >= 11 is 0. The van der Waals surface area contributed by atoms with Gasteiger partial charge in [0.05, 0.1) is 15.1 Å². The van der Waals surface area contributed by atoms with E-state index < -0.39 is 54.4 Å². The highest BCUT2D eigenvalue weighted by Crippen LogP contribution is 2.38. The van der Waals surface area contributed by atoms with Crippen molar-refractivity contribution in [3.05, 3.63) is 176 Å². The predicted molar refractivity (Wildman–Crippen MR) is 200 cm³/mol. The lowest BCUT2D eigenvalue weighted by atomic mass is 9.91. The van der Waals surface area contributed by atoms with Gasteiger partial charge in [-0.15, -0.1) is 0 Å². The van der Waals surface area contributed by atoms with Crippen LogP contribution in [0, 0.1) is 0 Å². The zero-order chi connectivity index (χ0) is 41.4. The normalized spacial score (nSPS) is 14.5. The van der Waals surface area contributed by atoms with Crippen LogP contribution < -0.4 is 0 Å². The average molecular weight is 623 g/mol. The van der Waals surface area contributed by atoms with Gasteiger partial charge in [0, 0.05) is 16.7 Å². The maximum absolute atomic E-state index is 9.62. The number of hydrogen-bond donors (Lipinski definition) is 0. The number of nitrogens with zero attached hydrogens (tertiary/aromatic N) is 3. The van der Waals surface area contributed by atoms with Gasteiger partial charge in [-0.2, -0.15) is 0 Å². The third-order valence-electron chi connectivity index (χ3n) is 8.24. The van der Waals surface area contributed by atoms with Gasteiger partial charge >= 0.3 is 0 Å². The molecule has 0 amide bonds. The summed E-state index contributed by atoms with van der Waals surface area (Å²) in [5.74, 6) is 1.47. The molecule has 48 heavy (non-hydrogen) atoms. The van der Waals surface area contributed by atoms with Crippen LogP contribution in [0.5, 0.6) is 0 Å². The van der Waals surface area contributed by atoms with Crippen molar-refractivity contribution in [1.82, 2.24) is 15.0 Å². The quantitative estimate of drug-likeness (QED) is 0.179. The molecule has 0 bridgehead atoms. The average Bonchev–Trinajstić information content (AvgIpc) is 3.27. The van der Waals surface area contributed by atoms with Crippen LogP contribution in [-0.4, -0.2) is 15.0 Å². The lowest BCUT2D eigenvalue weighted by Gasteiger charge is -2.13. The van der Waals surface area contributed by atoms with Gasteiger partial charge in [-0.1, -0.05) is 157 Å². The van der Waals surface area contributed by atoms with Crippen LogP contribution in [0.3, 0.4) is 0 Å². The third-order valence-corrected chi connectivity index (χ3v) is 8.24. The van der Waals surface area contributed by atoms with E-state index in [0.29, 0.717) is 34.2 Å². The summed E-state index contributed by atoms with van der Waals surface area (Å²) in [6.07, 6.45) is 0. The van der Waals surface area contributed by atoms with Gasteiger partial charge in [0.1, 0.15) is 0 Å². The van der Waals surface area contributed by atoms with Gasteiger partial charge in [-0.25, -0.2) is 15.0 Å². The zero-order valence-electron chi connectivity index (χ0n) is 36.2. The Kier molecular flexibility index (Phi) is 4.55. The van der Waals surface area contributed by atoms with Crippen molar-refractivity contribution in [2.75, 3.05) is 0 Å². The van der Waals surface area contributed by atoms with Crippen LogP contribution in [-0.2, 0) is 0 Å². The number of fused-ring (bicyclic) bond motifs is 6. The van der Waals surface area contributed by atoms with Crippen molar-refractivity contribution in [3.8, 4) is 56.4 Å². The Bertz CT molecular complexity index is 3130. The summed E-state index contributed by atoms with van der Waals surface area (Å²) in [5.41, 5.74) is 4.25. The zero-order valence-corrected chi connectivity index (χ0v) is 25.2. The minimum absolute atomic E-state index is 0.0203. The van der Waals surface area contributed by atoms with Crippen LogP contribution >= 0.6 is 0 Å². The van der Waals surface area contributed by atoms with Gasteiger partial charge in [0.25, 0.3) is 0 Å². The van der Waals surface area contributed by atoms with Crippen molar-refractivity contribution in [3.63, 3.8) is 0 Å². The largest absolute Gasteiger partial charge is 0.208 e. The molecule has 1 aromatic heterocycles. The molecule has 8 aromatic carbocycles. The Hall–Kier alpha value is -6.45. The van der Waals surface area contributed by atoms with Crippen LogP contribution in [0.25, 0.3) is 88.7 Å². The molecule has 224 valence electrons. The second-order valence-corrected chi connectivity index (χ2v) is 11.2. The molecule has 0 atom stereocenters. The van der Waals surface area contributed by atoms with Crippen molar-refractivity contribution in [2.24, 2.45) is 0 Å². The van der Waals surface area contributed by atoms with E-state index in [1.54, 1.807) is 18.2 Å². The van der Waals surface area contributed by atoms with Crippen molar-refractivity contribution in [1.29, 1.82) is 0 Å². The van der Waals surface area contributed by atoms with E-state index in [1.807, 2.05) is 91.0 Å². The third kappa shape index (κ3) is 4.99. The summed E-state index contributed by atoms with van der Waals surface area (Å²) in [7, 11) is 0. The van der Waals surface area contributed by atoms with E-state index in [1.165, 1.54) is 0 Å². The molecule has 0 saturated carbocycles. The number of rotatable bonds is 5. The topological polar surface area (TPSA) is 38.7 Å². The van der Waals surface area contributed by atoms with E-state index in [4.69, 9.17) is 25.9 Å². The van der Waals surface area contributed by atoms with Crippen molar-refractivity contribution < 1.29 is 15.1 Å². The summed E-state index contributed by atoms with van der Waals surface area (Å²) in [6.45, 7) is 0. The van der Waals surface area contributed by atoms with Crippen molar-refractivity contribution in [2.45, 2.75) is 0 Å². The van der Waals surface area contributed by atoms with Gasteiger partial charge in [-0.05, 0) is 72.7 Å². The first-order valence-electron chi connectivity index (χ1n) is 20.8. The highest BCUT2D eigenvalue weighted by atomic mass is 15.0. The number of aromatic nitrogens is 3. The molecule has 3 nitrogen and oxygen atoms in total. The fraction of sp³-hybridized carbons (Fsp3) is 0. The SMILES string of the molecule is [2H]c1c([2H])c([2H])c2c(c1[2H])c1c([2H])c([2H])c([2H])c([2H])c1c1c([2H])c(-c3cccc(-c4cccc(-c5nc(-c6ccccc6)nc(-c6ccccc6)n5)c4)c3)c([2H])c([2H])c21. The summed E-state index contributed by atoms with van der Waals surface area (Å²) < 4.78 is 97.5. The molecule has 9 aromatic rings. The second kappa shape index (κ2) is 11.7. The molecule has 3 heteroatoms. The second-order valence-electron chi connectivity index (χ2n) is 11.2. The molecule has 0 N–H and O–H groups in total. The summed E-state index contributed by atoms with van der Waals surface area (Å²) in [6, 6.07) is 28.3. The minimum Gasteiger partial charge on any atom is -0.208 e. The number of benzene rings is 8. The highest BCUT2D eigenvalue weighted by molar-refractivity contribution is 6.25. The smallest absolute Gasteiger partial charge is 0.164 e. The van der Waals surface area contributed by atoms with E-state index >= 15 is 0 Å². The van der Waals surface area contributed by atoms with E-state index in [-0.39, 0.29) is 50.0 Å². The maximum Gasteiger partial charge on any atom is 0.164 e. The first kappa shape index (κ1) is 18.6. The fourth-order valence-corrected chi connectivity index (χ4v) is 5.93. The molecule has 0 aliphatic rings. The van der Waals surface area contributed by atoms with Crippen LogP contribution in [0.2, 0.25) is 0 Å². The standard InChI is InChI=1S/C45H29N3/c1-3-13-30(14-4-1)43-46-44(31-15-5-2-6-16-31)48-45(47-43)36-20-12-19-34(28-36)32-17-11-18-33(27-32)35-25-26-41-39-23-8-7-21-37(39)38-22-9-10-24-40(38)42(41)29-35/h1-29H/i7D,8D,9D,10D,21D,22D,23D,24D,25D,26D,29D. The highest BCUT2D eigenvalue weighted by Gasteiger charge is 2.14. The fourth-order valence-electron chi connectivity index (χ4n) is 5.93. The van der Waals surface area contributed by atoms with Gasteiger partial charge in [0.15, 0.2) is 17.5 Å². The molecule has 0 aliphatic carbocycles. The molecule has 1 heterocycles. The molecule has 0 radical (unpaired) electrons. The Labute approximate surface area is 294 Å². The molecule has 0 unspecified atom stereocenters. The maximum atomic E-state index is 9.62. The van der Waals surface area contributed by atoms with Crippen LogP contribution in [0.4, 0.5) is 0 Å². The monoisotopic (exact) mass is 622 g/mol. The molecular weight excluding hydrogens is 583 g/mol. The Morgan fingerprint density at radius 3 is 1.21 bits per heavy atom.